The van der Waals surface area contributed by atoms with Crippen LogP contribution in [-0.4, -0.2) is 52.0 Å². The van der Waals surface area contributed by atoms with Crippen LogP contribution in [0, 0.1) is 17.5 Å². The summed E-state index contributed by atoms with van der Waals surface area (Å²) in [6, 6.07) is 2.80. The molecule has 3 rings (SSSR count). The minimum atomic E-state index is -1.96. The summed E-state index contributed by atoms with van der Waals surface area (Å²) in [6.45, 7) is 1.26. The highest BCUT2D eigenvalue weighted by Crippen LogP contribution is 2.39. The number of rotatable bonds is 8. The quantitative estimate of drug-likeness (QED) is 0.452. The third-order valence-electron chi connectivity index (χ3n) is 4.64. The molecule has 0 spiro atoms. The predicted octanol–water partition coefficient (Wildman–Crippen LogP) is 2.11. The molecule has 1 aromatic carbocycles. The van der Waals surface area contributed by atoms with Crippen LogP contribution in [0.2, 0.25) is 0 Å². The maximum atomic E-state index is 14.4. The fraction of sp³-hybridized carbons (Fsp3) is 0.300. The van der Waals surface area contributed by atoms with Gasteiger partial charge in [-0.25, -0.2) is 32.8 Å². The lowest BCUT2D eigenvalue weighted by Crippen LogP contribution is -2.39. The molecule has 2 aromatic heterocycles. The van der Waals surface area contributed by atoms with Crippen molar-refractivity contribution in [2.24, 2.45) is 0 Å². The first kappa shape index (κ1) is 25.4. The lowest BCUT2D eigenvalue weighted by Gasteiger charge is -2.34. The van der Waals surface area contributed by atoms with Gasteiger partial charge in [0.1, 0.15) is 36.2 Å². The van der Waals surface area contributed by atoms with E-state index in [4.69, 9.17) is 10.2 Å². The Balaban J connectivity index is 0.000000414. The molecule has 0 saturated heterocycles. The van der Waals surface area contributed by atoms with Crippen LogP contribution in [-0.2, 0) is 21.7 Å². The number of nitrogens with zero attached hydrogens (tertiary/aromatic N) is 5. The number of aliphatic carboxylic acids is 2. The number of benzene rings is 1. The third kappa shape index (κ3) is 6.80. The Hall–Kier alpha value is -3.87. The summed E-state index contributed by atoms with van der Waals surface area (Å²) in [5.41, 5.74) is -2.25. The van der Waals surface area contributed by atoms with E-state index >= 15 is 0 Å². The first-order valence-corrected chi connectivity index (χ1v) is 9.44. The molecule has 0 aliphatic carbocycles. The summed E-state index contributed by atoms with van der Waals surface area (Å²) >= 11 is 0. The van der Waals surface area contributed by atoms with E-state index in [1.165, 1.54) is 24.3 Å². The van der Waals surface area contributed by atoms with Gasteiger partial charge >= 0.3 is 11.9 Å². The lowest BCUT2D eigenvalue weighted by molar-refractivity contribution is -0.143. The predicted molar refractivity (Wildman–Crippen MR) is 105 cm³/mol. The van der Waals surface area contributed by atoms with E-state index in [-0.39, 0.29) is 30.6 Å². The van der Waals surface area contributed by atoms with Gasteiger partial charge in [-0.2, -0.15) is 5.10 Å². The molecule has 0 amide bonds. The minimum absolute atomic E-state index is 0.0960. The number of carboxylic acid groups (broad SMARTS) is 2. The van der Waals surface area contributed by atoms with Crippen LogP contribution in [0.1, 0.15) is 36.9 Å². The van der Waals surface area contributed by atoms with Gasteiger partial charge in [0, 0.05) is 17.5 Å². The molecule has 0 bridgehead atoms. The SMILES string of the molecule is C[C@@H](c1ncncc1F)[C@](O)(Cn1cncn1)c1ccc(F)cc1F.O=C(O)CCC(=O)O. The van der Waals surface area contributed by atoms with Gasteiger partial charge in [-0.15, -0.1) is 0 Å². The van der Waals surface area contributed by atoms with E-state index < -0.39 is 40.9 Å². The van der Waals surface area contributed by atoms with Crippen molar-refractivity contribution < 1.29 is 38.1 Å². The molecular formula is C20H20F3N5O5. The lowest BCUT2D eigenvalue weighted by atomic mass is 9.79. The molecular weight excluding hydrogens is 447 g/mol. The highest BCUT2D eigenvalue weighted by Gasteiger charge is 2.41. The number of hydrogen-bond acceptors (Lipinski definition) is 7. The molecule has 3 N–H and O–H groups in total. The van der Waals surface area contributed by atoms with Crippen LogP contribution in [0.4, 0.5) is 13.2 Å². The van der Waals surface area contributed by atoms with Crippen LogP contribution in [0.15, 0.2) is 43.4 Å². The summed E-state index contributed by atoms with van der Waals surface area (Å²) in [4.78, 5) is 30.5. The van der Waals surface area contributed by atoms with Crippen molar-refractivity contribution in [3.05, 3.63) is 72.1 Å². The topological polar surface area (TPSA) is 151 Å². The number of aliphatic hydroxyl groups is 1. The Morgan fingerprint density at radius 1 is 1.06 bits per heavy atom. The molecule has 176 valence electrons. The van der Waals surface area contributed by atoms with Crippen molar-refractivity contribution in [3.63, 3.8) is 0 Å². The smallest absolute Gasteiger partial charge is 0.303 e. The Morgan fingerprint density at radius 2 is 1.73 bits per heavy atom. The number of carboxylic acids is 2. The van der Waals surface area contributed by atoms with Gasteiger partial charge in [0.15, 0.2) is 5.82 Å². The summed E-state index contributed by atoms with van der Waals surface area (Å²) in [5.74, 6) is -5.62. The molecule has 13 heteroatoms. The van der Waals surface area contributed by atoms with Crippen molar-refractivity contribution in [3.8, 4) is 0 Å². The first-order chi connectivity index (χ1) is 15.5. The van der Waals surface area contributed by atoms with Crippen molar-refractivity contribution in [2.75, 3.05) is 0 Å². The van der Waals surface area contributed by atoms with Crippen LogP contribution < -0.4 is 0 Å². The maximum absolute atomic E-state index is 14.4. The van der Waals surface area contributed by atoms with Crippen molar-refractivity contribution in [1.82, 2.24) is 24.7 Å². The monoisotopic (exact) mass is 467 g/mol. The highest BCUT2D eigenvalue weighted by molar-refractivity contribution is 5.75. The molecule has 0 radical (unpaired) electrons. The van der Waals surface area contributed by atoms with Gasteiger partial charge in [0.2, 0.25) is 0 Å². The molecule has 0 unspecified atom stereocenters. The van der Waals surface area contributed by atoms with E-state index in [1.54, 1.807) is 0 Å². The van der Waals surface area contributed by atoms with Gasteiger partial charge in [-0.1, -0.05) is 13.0 Å². The molecule has 2 heterocycles. The molecule has 3 aromatic rings. The average Bonchev–Trinajstić information content (AvgIpc) is 3.25. The Kier molecular flexibility index (Phi) is 8.56. The fourth-order valence-electron chi connectivity index (χ4n) is 2.94. The molecule has 0 saturated carbocycles. The zero-order valence-electron chi connectivity index (χ0n) is 17.3. The van der Waals surface area contributed by atoms with Crippen LogP contribution >= 0.6 is 0 Å². The summed E-state index contributed by atoms with van der Waals surface area (Å²) in [7, 11) is 0. The summed E-state index contributed by atoms with van der Waals surface area (Å²) < 4.78 is 43.0. The molecule has 0 fully saturated rings. The summed E-state index contributed by atoms with van der Waals surface area (Å²) in [5, 5.41) is 31.0. The number of hydrogen-bond donors (Lipinski definition) is 3. The zero-order chi connectivity index (χ0) is 24.6. The second kappa shape index (κ2) is 11.1. The van der Waals surface area contributed by atoms with E-state index in [1.807, 2.05) is 0 Å². The second-order valence-electron chi connectivity index (χ2n) is 6.91. The van der Waals surface area contributed by atoms with E-state index in [2.05, 4.69) is 20.1 Å². The Morgan fingerprint density at radius 3 is 2.24 bits per heavy atom. The molecule has 2 atom stereocenters. The molecule has 33 heavy (non-hydrogen) atoms. The van der Waals surface area contributed by atoms with Gasteiger partial charge in [0.05, 0.1) is 31.3 Å². The number of halogens is 3. The standard InChI is InChI=1S/C16H14F3N5O.C4H6O4/c1-10(15-14(19)5-20-7-22-15)16(25,6-24-9-21-8-23-24)12-3-2-11(17)4-13(12)18;5-3(6)1-2-4(7)8/h2-5,7-10,25H,6H2,1H3;1-2H2,(H,5,6)(H,7,8)/t10-,16+;/m0./s1. The van der Waals surface area contributed by atoms with Crippen molar-refractivity contribution in [2.45, 2.75) is 37.8 Å². The van der Waals surface area contributed by atoms with Crippen molar-refractivity contribution >= 4 is 11.9 Å². The van der Waals surface area contributed by atoms with Gasteiger partial charge < -0.3 is 15.3 Å². The largest absolute Gasteiger partial charge is 0.481 e. The third-order valence-corrected chi connectivity index (χ3v) is 4.64. The minimum Gasteiger partial charge on any atom is -0.481 e. The number of aromatic nitrogens is 5. The highest BCUT2D eigenvalue weighted by atomic mass is 19.1. The molecule has 10 nitrogen and oxygen atoms in total. The van der Waals surface area contributed by atoms with Crippen LogP contribution in [0.5, 0.6) is 0 Å². The second-order valence-corrected chi connectivity index (χ2v) is 6.91. The first-order valence-electron chi connectivity index (χ1n) is 9.44. The van der Waals surface area contributed by atoms with Crippen molar-refractivity contribution in [1.29, 1.82) is 0 Å². The van der Waals surface area contributed by atoms with E-state index in [9.17, 15) is 27.9 Å². The van der Waals surface area contributed by atoms with E-state index in [0.717, 1.165) is 24.7 Å². The van der Waals surface area contributed by atoms with Gasteiger partial charge in [0.25, 0.3) is 0 Å². The Bertz CT molecular complexity index is 1090. The van der Waals surface area contributed by atoms with Crippen LogP contribution in [0.3, 0.4) is 0 Å². The fourth-order valence-corrected chi connectivity index (χ4v) is 2.94. The number of carbonyl (C=O) groups is 2. The van der Waals surface area contributed by atoms with Crippen LogP contribution in [0.25, 0.3) is 0 Å². The summed E-state index contributed by atoms with van der Waals surface area (Å²) in [6.07, 6.45) is 4.07. The normalized spacial score (nSPS) is 13.4. The maximum Gasteiger partial charge on any atom is 0.303 e. The van der Waals surface area contributed by atoms with Gasteiger partial charge in [-0.05, 0) is 6.07 Å². The molecule has 0 aliphatic rings. The van der Waals surface area contributed by atoms with Gasteiger partial charge in [-0.3, -0.25) is 9.59 Å². The average molecular weight is 467 g/mol. The Labute approximate surface area is 185 Å². The zero-order valence-corrected chi connectivity index (χ0v) is 17.3. The molecule has 0 aliphatic heterocycles. The van der Waals surface area contributed by atoms with E-state index in [0.29, 0.717) is 6.07 Å².